The highest BCUT2D eigenvalue weighted by Gasteiger charge is 2.29. The maximum Gasteiger partial charge on any atom is 0.330 e. The molecule has 178 valence electrons. The fourth-order valence-corrected chi connectivity index (χ4v) is 4.33. The number of amides is 1. The average Bonchev–Trinajstić information content (AvgIpc) is 3.39. The van der Waals surface area contributed by atoms with Crippen molar-refractivity contribution in [1.29, 1.82) is 0 Å². The first kappa shape index (κ1) is 23.3. The SMILES string of the molecule is CC(C(=O)N(CCC1=CCCCC1)c1c(N)n(Cc2ccccc2)c(=O)[nH]c1=O)n1cccn1. The molecule has 9 heteroatoms. The highest BCUT2D eigenvalue weighted by molar-refractivity contribution is 5.97. The van der Waals surface area contributed by atoms with Crippen molar-refractivity contribution in [2.24, 2.45) is 0 Å². The standard InChI is InChI=1S/C25H30N6O3/c1-18(31-15-8-14-27-31)24(33)29(16-13-19-9-4-2-5-10-19)21-22(26)30(25(34)28-23(21)32)17-20-11-6-3-7-12-20/h3,6-9,11-12,14-15,18H,2,4-5,10,13,16-17,26H2,1H3,(H,28,32,34). The van der Waals surface area contributed by atoms with Gasteiger partial charge in [-0.2, -0.15) is 5.10 Å². The Bertz CT molecular complexity index is 1270. The number of nitrogens with one attached hydrogen (secondary N) is 1. The van der Waals surface area contributed by atoms with Crippen LogP contribution in [-0.4, -0.2) is 31.8 Å². The van der Waals surface area contributed by atoms with Gasteiger partial charge in [-0.1, -0.05) is 42.0 Å². The number of H-pyrrole nitrogens is 1. The molecule has 0 radical (unpaired) electrons. The van der Waals surface area contributed by atoms with Gasteiger partial charge in [0.25, 0.3) is 11.5 Å². The minimum atomic E-state index is -0.676. The molecular weight excluding hydrogens is 432 g/mol. The van der Waals surface area contributed by atoms with Crippen molar-refractivity contribution in [1.82, 2.24) is 19.3 Å². The number of benzene rings is 1. The van der Waals surface area contributed by atoms with E-state index in [2.05, 4.69) is 16.2 Å². The Morgan fingerprint density at radius 2 is 2.00 bits per heavy atom. The first-order valence-corrected chi connectivity index (χ1v) is 11.6. The van der Waals surface area contributed by atoms with E-state index in [0.29, 0.717) is 6.42 Å². The first-order valence-electron chi connectivity index (χ1n) is 11.6. The number of aromatic nitrogens is 4. The molecule has 0 saturated heterocycles. The summed E-state index contributed by atoms with van der Waals surface area (Å²) < 4.78 is 2.84. The zero-order valence-electron chi connectivity index (χ0n) is 19.3. The molecule has 1 aromatic carbocycles. The molecule has 0 fully saturated rings. The molecule has 1 aliphatic carbocycles. The second kappa shape index (κ2) is 10.4. The van der Waals surface area contributed by atoms with Gasteiger partial charge in [-0.15, -0.1) is 0 Å². The summed E-state index contributed by atoms with van der Waals surface area (Å²) in [6.45, 7) is 2.19. The number of hydrogen-bond donors (Lipinski definition) is 2. The maximum absolute atomic E-state index is 13.6. The van der Waals surface area contributed by atoms with Crippen LogP contribution in [0.3, 0.4) is 0 Å². The smallest absolute Gasteiger partial charge is 0.330 e. The third-order valence-corrected chi connectivity index (χ3v) is 6.25. The molecule has 2 aromatic heterocycles. The van der Waals surface area contributed by atoms with Crippen LogP contribution in [0.2, 0.25) is 0 Å². The van der Waals surface area contributed by atoms with Gasteiger partial charge >= 0.3 is 5.69 Å². The lowest BCUT2D eigenvalue weighted by Crippen LogP contribution is -2.44. The van der Waals surface area contributed by atoms with Crippen molar-refractivity contribution in [2.45, 2.75) is 51.6 Å². The van der Waals surface area contributed by atoms with Crippen LogP contribution in [0.25, 0.3) is 0 Å². The lowest BCUT2D eigenvalue weighted by molar-refractivity contribution is -0.121. The fraction of sp³-hybridized carbons (Fsp3) is 0.360. The van der Waals surface area contributed by atoms with Gasteiger partial charge in [0.15, 0.2) is 5.69 Å². The second-order valence-electron chi connectivity index (χ2n) is 8.57. The van der Waals surface area contributed by atoms with Gasteiger partial charge < -0.3 is 10.6 Å². The molecule has 0 bridgehead atoms. The second-order valence-corrected chi connectivity index (χ2v) is 8.57. The molecule has 1 amide bonds. The molecule has 34 heavy (non-hydrogen) atoms. The quantitative estimate of drug-likeness (QED) is 0.499. The number of allylic oxidation sites excluding steroid dienone is 1. The normalized spacial score (nSPS) is 14.4. The summed E-state index contributed by atoms with van der Waals surface area (Å²) in [6, 6.07) is 10.4. The Hall–Kier alpha value is -3.88. The van der Waals surface area contributed by atoms with Gasteiger partial charge in [-0.3, -0.25) is 23.8 Å². The maximum atomic E-state index is 13.6. The lowest BCUT2D eigenvalue weighted by atomic mass is 9.97. The molecule has 3 aromatic rings. The highest BCUT2D eigenvalue weighted by Crippen LogP contribution is 2.25. The third-order valence-electron chi connectivity index (χ3n) is 6.25. The van der Waals surface area contributed by atoms with E-state index >= 15 is 0 Å². The van der Waals surface area contributed by atoms with E-state index in [0.717, 1.165) is 24.8 Å². The summed E-state index contributed by atoms with van der Waals surface area (Å²) in [5.41, 5.74) is 7.24. The number of rotatable bonds is 8. The van der Waals surface area contributed by atoms with E-state index in [1.807, 2.05) is 30.3 Å². The number of nitrogens with zero attached hydrogens (tertiary/aromatic N) is 4. The average molecular weight is 463 g/mol. The molecule has 4 rings (SSSR count). The summed E-state index contributed by atoms with van der Waals surface area (Å²) in [4.78, 5) is 43.0. The zero-order chi connectivity index (χ0) is 24.1. The number of hydrogen-bond acceptors (Lipinski definition) is 5. The predicted octanol–water partition coefficient (Wildman–Crippen LogP) is 2.85. The molecule has 1 aliphatic rings. The van der Waals surface area contributed by atoms with E-state index in [1.54, 1.807) is 30.1 Å². The van der Waals surface area contributed by atoms with Crippen molar-refractivity contribution in [3.8, 4) is 0 Å². The van der Waals surface area contributed by atoms with Gasteiger partial charge in [0.1, 0.15) is 11.9 Å². The molecule has 0 saturated carbocycles. The Morgan fingerprint density at radius 3 is 2.68 bits per heavy atom. The van der Waals surface area contributed by atoms with E-state index in [4.69, 9.17) is 5.73 Å². The molecule has 3 N–H and O–H groups in total. The van der Waals surface area contributed by atoms with Crippen molar-refractivity contribution in [3.05, 3.63) is 86.8 Å². The fourth-order valence-electron chi connectivity index (χ4n) is 4.33. The van der Waals surface area contributed by atoms with Crippen LogP contribution in [0.1, 0.15) is 50.6 Å². The summed E-state index contributed by atoms with van der Waals surface area (Å²) in [7, 11) is 0. The van der Waals surface area contributed by atoms with Crippen LogP contribution < -0.4 is 21.9 Å². The number of nitrogens with two attached hydrogens (primary N) is 1. The Kier molecular flexibility index (Phi) is 7.10. The van der Waals surface area contributed by atoms with Gasteiger partial charge in [-0.05, 0) is 50.7 Å². The van der Waals surface area contributed by atoms with Gasteiger partial charge in [0.2, 0.25) is 0 Å². The number of aromatic amines is 1. The molecule has 2 heterocycles. The summed E-state index contributed by atoms with van der Waals surface area (Å²) >= 11 is 0. The van der Waals surface area contributed by atoms with E-state index in [9.17, 15) is 14.4 Å². The number of carbonyl (C=O) groups is 1. The van der Waals surface area contributed by atoms with Crippen LogP contribution >= 0.6 is 0 Å². The molecule has 1 unspecified atom stereocenters. The van der Waals surface area contributed by atoms with Crippen LogP contribution in [0, 0.1) is 0 Å². The number of anilines is 2. The van der Waals surface area contributed by atoms with Crippen LogP contribution in [0.5, 0.6) is 0 Å². The minimum absolute atomic E-state index is 0.00375. The monoisotopic (exact) mass is 462 g/mol. The van der Waals surface area contributed by atoms with E-state index < -0.39 is 17.3 Å². The number of nitrogen functional groups attached to an aromatic ring is 1. The Labute approximate surface area is 197 Å². The summed E-state index contributed by atoms with van der Waals surface area (Å²) in [5.74, 6) is -0.349. The summed E-state index contributed by atoms with van der Waals surface area (Å²) in [5, 5.41) is 4.18. The predicted molar refractivity (Wildman–Crippen MR) is 132 cm³/mol. The van der Waals surface area contributed by atoms with Crippen molar-refractivity contribution < 1.29 is 4.79 Å². The summed E-state index contributed by atoms with van der Waals surface area (Å²) in [6.07, 6.45) is 10.4. The lowest BCUT2D eigenvalue weighted by Gasteiger charge is -2.28. The topological polar surface area (TPSA) is 119 Å². The van der Waals surface area contributed by atoms with Crippen LogP contribution in [0.4, 0.5) is 11.5 Å². The molecule has 0 aliphatic heterocycles. The van der Waals surface area contributed by atoms with Crippen molar-refractivity contribution in [3.63, 3.8) is 0 Å². The Balaban J connectivity index is 1.74. The molecule has 1 atom stereocenters. The number of carbonyl (C=O) groups excluding carboxylic acids is 1. The highest BCUT2D eigenvalue weighted by atomic mass is 16.2. The minimum Gasteiger partial charge on any atom is -0.383 e. The van der Waals surface area contributed by atoms with Crippen LogP contribution in [-0.2, 0) is 11.3 Å². The van der Waals surface area contributed by atoms with Crippen LogP contribution in [0.15, 0.2) is 70.0 Å². The van der Waals surface area contributed by atoms with E-state index in [1.165, 1.54) is 21.5 Å². The zero-order valence-corrected chi connectivity index (χ0v) is 19.3. The first-order chi connectivity index (χ1) is 16.5. The Morgan fingerprint density at radius 1 is 1.21 bits per heavy atom. The third kappa shape index (κ3) is 5.03. The van der Waals surface area contributed by atoms with Gasteiger partial charge in [0, 0.05) is 18.9 Å². The molecular formula is C25H30N6O3. The van der Waals surface area contributed by atoms with E-state index in [-0.39, 0.29) is 30.5 Å². The van der Waals surface area contributed by atoms with Crippen molar-refractivity contribution >= 4 is 17.4 Å². The molecule has 9 nitrogen and oxygen atoms in total. The molecule has 0 spiro atoms. The van der Waals surface area contributed by atoms with Gasteiger partial charge in [0.05, 0.1) is 6.54 Å². The van der Waals surface area contributed by atoms with Gasteiger partial charge in [-0.25, -0.2) is 4.79 Å². The van der Waals surface area contributed by atoms with Crippen molar-refractivity contribution in [2.75, 3.05) is 17.2 Å². The largest absolute Gasteiger partial charge is 0.383 e.